The van der Waals surface area contributed by atoms with Gasteiger partial charge in [0.1, 0.15) is 0 Å². The number of unbranched alkanes of at least 4 members (excludes halogenated alkanes) is 4. The van der Waals surface area contributed by atoms with Crippen LogP contribution in [-0.2, 0) is 14.3 Å². The summed E-state index contributed by atoms with van der Waals surface area (Å²) >= 11 is 0. The second-order valence-corrected chi connectivity index (χ2v) is 4.19. The molecule has 0 spiro atoms. The van der Waals surface area contributed by atoms with Crippen LogP contribution in [0.5, 0.6) is 0 Å². The smallest absolute Gasteiger partial charge is 0.341 e. The van der Waals surface area contributed by atoms with Gasteiger partial charge in [-0.25, -0.2) is 9.59 Å². The lowest BCUT2D eigenvalue weighted by atomic mass is 10.1. The molecule has 0 amide bonds. The topological polar surface area (TPSA) is 43.4 Å². The van der Waals surface area contributed by atoms with E-state index in [4.69, 9.17) is 0 Å². The predicted molar refractivity (Wildman–Crippen MR) is 68.4 cm³/mol. The highest BCUT2D eigenvalue weighted by Crippen LogP contribution is 2.07. The fraction of sp³-hybridized carbons (Fsp3) is 0.571. The molecule has 0 rings (SSSR count). The highest BCUT2D eigenvalue weighted by molar-refractivity contribution is 6.00. The Bertz CT molecular complexity index is 313. The third-order valence-electron chi connectivity index (χ3n) is 2.36. The van der Waals surface area contributed by atoms with Crippen molar-refractivity contribution in [3.05, 3.63) is 23.8 Å². The molecular weight excluding hydrogens is 216 g/mol. The van der Waals surface area contributed by atoms with Crippen LogP contribution in [0.4, 0.5) is 0 Å². The van der Waals surface area contributed by atoms with Crippen LogP contribution in [0, 0.1) is 0 Å². The lowest BCUT2D eigenvalue weighted by Gasteiger charge is -2.02. The zero-order valence-corrected chi connectivity index (χ0v) is 11.0. The molecule has 0 saturated carbocycles. The van der Waals surface area contributed by atoms with Crippen molar-refractivity contribution in [3.8, 4) is 0 Å². The van der Waals surface area contributed by atoms with Crippen LogP contribution in [0.2, 0.25) is 0 Å². The maximum Gasteiger partial charge on any atom is 0.341 e. The van der Waals surface area contributed by atoms with Gasteiger partial charge in [0.15, 0.2) is 0 Å². The zero-order chi connectivity index (χ0) is 13.3. The minimum Gasteiger partial charge on any atom is -0.386 e. The summed E-state index contributed by atoms with van der Waals surface area (Å²) in [6, 6.07) is 0. The molecule has 96 valence electrons. The average molecular weight is 238 g/mol. The van der Waals surface area contributed by atoms with Crippen LogP contribution >= 0.6 is 0 Å². The molecule has 0 aromatic heterocycles. The molecule has 0 radical (unpaired) electrons. The number of rotatable bonds is 7. The van der Waals surface area contributed by atoms with Crippen LogP contribution < -0.4 is 0 Å². The van der Waals surface area contributed by atoms with E-state index in [0.717, 1.165) is 12.8 Å². The van der Waals surface area contributed by atoms with E-state index < -0.39 is 11.9 Å². The summed E-state index contributed by atoms with van der Waals surface area (Å²) in [5.74, 6) is -1.23. The summed E-state index contributed by atoms with van der Waals surface area (Å²) in [5.41, 5.74) is 0.713. The number of carbonyl (C=O) groups excluding carboxylic acids is 2. The van der Waals surface area contributed by atoms with Crippen LogP contribution in [0.3, 0.4) is 0 Å². The third-order valence-corrected chi connectivity index (χ3v) is 2.36. The standard InChI is InChI=1S/C14H22O3/c1-5-6-7-8-9-10-12(4)14(16)17-13(15)11(2)3/h10H,2,5-9H2,1,3-4H3. The average Bonchev–Trinajstić information content (AvgIpc) is 2.28. The molecule has 0 heterocycles. The number of hydrogen-bond acceptors (Lipinski definition) is 3. The molecule has 0 unspecified atom stereocenters. The van der Waals surface area contributed by atoms with Crippen LogP contribution in [-0.4, -0.2) is 11.9 Å². The Morgan fingerprint density at radius 2 is 1.76 bits per heavy atom. The Hall–Kier alpha value is -1.38. The predicted octanol–water partition coefficient (Wildman–Crippen LogP) is 3.55. The number of esters is 2. The van der Waals surface area contributed by atoms with Crippen molar-refractivity contribution < 1.29 is 14.3 Å². The molecule has 0 aliphatic rings. The summed E-state index contributed by atoms with van der Waals surface area (Å²) < 4.78 is 4.61. The molecule has 0 atom stereocenters. The Labute approximate surface area is 104 Å². The number of carbonyl (C=O) groups is 2. The van der Waals surface area contributed by atoms with Crippen molar-refractivity contribution in [2.24, 2.45) is 0 Å². The second kappa shape index (κ2) is 8.74. The quantitative estimate of drug-likeness (QED) is 0.295. The summed E-state index contributed by atoms with van der Waals surface area (Å²) in [4.78, 5) is 22.5. The Balaban J connectivity index is 3.99. The van der Waals surface area contributed by atoms with Gasteiger partial charge in [0, 0.05) is 11.1 Å². The molecule has 0 aliphatic heterocycles. The van der Waals surface area contributed by atoms with E-state index in [1.165, 1.54) is 26.2 Å². The molecule has 0 saturated heterocycles. The van der Waals surface area contributed by atoms with Gasteiger partial charge in [0.05, 0.1) is 0 Å². The summed E-state index contributed by atoms with van der Waals surface area (Å²) in [6.07, 6.45) is 7.31. The van der Waals surface area contributed by atoms with Crippen LogP contribution in [0.15, 0.2) is 23.8 Å². The Morgan fingerprint density at radius 1 is 1.12 bits per heavy atom. The Kier molecular flexibility index (Phi) is 8.03. The summed E-state index contributed by atoms with van der Waals surface area (Å²) in [7, 11) is 0. The van der Waals surface area contributed by atoms with Gasteiger partial charge in [0.2, 0.25) is 0 Å². The molecule has 3 heteroatoms. The molecular formula is C14H22O3. The zero-order valence-electron chi connectivity index (χ0n) is 11.0. The van der Waals surface area contributed by atoms with Gasteiger partial charge in [-0.3, -0.25) is 0 Å². The number of ether oxygens (including phenoxy) is 1. The minimum atomic E-state index is -0.659. The highest BCUT2D eigenvalue weighted by atomic mass is 16.6. The van der Waals surface area contributed by atoms with Gasteiger partial charge < -0.3 is 4.74 Å². The lowest BCUT2D eigenvalue weighted by Crippen LogP contribution is -2.13. The third kappa shape index (κ3) is 7.50. The van der Waals surface area contributed by atoms with Gasteiger partial charge in [-0.2, -0.15) is 0 Å². The molecule has 0 aromatic carbocycles. The van der Waals surface area contributed by atoms with Gasteiger partial charge in [-0.05, 0) is 26.7 Å². The fourth-order valence-corrected chi connectivity index (χ4v) is 1.22. The molecule has 0 N–H and O–H groups in total. The van der Waals surface area contributed by atoms with E-state index in [1.807, 2.05) is 6.08 Å². The van der Waals surface area contributed by atoms with Crippen molar-refractivity contribution in [1.29, 1.82) is 0 Å². The molecule has 0 bridgehead atoms. The number of hydrogen-bond donors (Lipinski definition) is 0. The van der Waals surface area contributed by atoms with Crippen molar-refractivity contribution in [2.75, 3.05) is 0 Å². The van der Waals surface area contributed by atoms with E-state index in [2.05, 4.69) is 18.2 Å². The van der Waals surface area contributed by atoms with E-state index in [1.54, 1.807) is 6.92 Å². The maximum absolute atomic E-state index is 11.4. The van der Waals surface area contributed by atoms with E-state index in [-0.39, 0.29) is 5.57 Å². The van der Waals surface area contributed by atoms with Gasteiger partial charge in [-0.15, -0.1) is 0 Å². The monoisotopic (exact) mass is 238 g/mol. The summed E-state index contributed by atoms with van der Waals surface area (Å²) in [6.45, 7) is 8.75. The first-order chi connectivity index (χ1) is 7.99. The molecule has 0 aromatic rings. The van der Waals surface area contributed by atoms with E-state index in [9.17, 15) is 9.59 Å². The minimum absolute atomic E-state index is 0.231. The van der Waals surface area contributed by atoms with Gasteiger partial charge in [-0.1, -0.05) is 38.8 Å². The lowest BCUT2D eigenvalue weighted by molar-refractivity contribution is -0.153. The Morgan fingerprint density at radius 3 is 2.29 bits per heavy atom. The molecule has 3 nitrogen and oxygen atoms in total. The van der Waals surface area contributed by atoms with Crippen molar-refractivity contribution in [1.82, 2.24) is 0 Å². The summed E-state index contributed by atoms with van der Waals surface area (Å²) in [5, 5.41) is 0. The normalized spacial score (nSPS) is 11.1. The molecule has 0 aliphatic carbocycles. The van der Waals surface area contributed by atoms with Crippen LogP contribution in [0.25, 0.3) is 0 Å². The first-order valence-electron chi connectivity index (χ1n) is 6.07. The van der Waals surface area contributed by atoms with Crippen molar-refractivity contribution in [2.45, 2.75) is 52.9 Å². The van der Waals surface area contributed by atoms with E-state index in [0.29, 0.717) is 5.57 Å². The van der Waals surface area contributed by atoms with Crippen molar-refractivity contribution >= 4 is 11.9 Å². The largest absolute Gasteiger partial charge is 0.386 e. The first kappa shape index (κ1) is 15.6. The van der Waals surface area contributed by atoms with Crippen LogP contribution in [0.1, 0.15) is 52.9 Å². The number of allylic oxidation sites excluding steroid dienone is 1. The fourth-order valence-electron chi connectivity index (χ4n) is 1.22. The molecule has 0 fully saturated rings. The second-order valence-electron chi connectivity index (χ2n) is 4.19. The maximum atomic E-state index is 11.4. The molecule has 17 heavy (non-hydrogen) atoms. The first-order valence-corrected chi connectivity index (χ1v) is 6.07. The van der Waals surface area contributed by atoms with Gasteiger partial charge >= 0.3 is 11.9 Å². The highest BCUT2D eigenvalue weighted by Gasteiger charge is 2.12. The van der Waals surface area contributed by atoms with Gasteiger partial charge in [0.25, 0.3) is 0 Å². The van der Waals surface area contributed by atoms with E-state index >= 15 is 0 Å². The van der Waals surface area contributed by atoms with Crippen molar-refractivity contribution in [3.63, 3.8) is 0 Å². The SMILES string of the molecule is C=C(C)C(=O)OC(=O)C(C)=CCCCCCC.